The highest BCUT2D eigenvalue weighted by Crippen LogP contribution is 2.28. The molecule has 36 heavy (non-hydrogen) atoms. The molecule has 3 N–H and O–H groups in total. The number of nitrogen functional groups attached to an aromatic ring is 1. The molecule has 8 heteroatoms. The van der Waals surface area contributed by atoms with Crippen LogP contribution in [0.25, 0.3) is 22.2 Å². The van der Waals surface area contributed by atoms with E-state index in [9.17, 15) is 4.79 Å². The Kier molecular flexibility index (Phi) is 7.35. The molecular weight excluding hydrogens is 452 g/mol. The van der Waals surface area contributed by atoms with Crippen molar-refractivity contribution in [1.29, 1.82) is 0 Å². The van der Waals surface area contributed by atoms with Crippen molar-refractivity contribution in [1.82, 2.24) is 20.0 Å². The van der Waals surface area contributed by atoms with Crippen LogP contribution in [0.15, 0.2) is 53.6 Å². The van der Waals surface area contributed by atoms with Crippen LogP contribution in [0.5, 0.6) is 0 Å². The molecule has 1 amide bonds. The first-order valence-electron chi connectivity index (χ1n) is 12.3. The zero-order chi connectivity index (χ0) is 25.9. The zero-order valence-electron chi connectivity index (χ0n) is 21.6. The molecule has 2 heterocycles. The summed E-state index contributed by atoms with van der Waals surface area (Å²) in [7, 11) is 0. The van der Waals surface area contributed by atoms with Gasteiger partial charge in [-0.1, -0.05) is 57.2 Å². The molecule has 0 aliphatic heterocycles. The Morgan fingerprint density at radius 1 is 1.11 bits per heavy atom. The first kappa shape index (κ1) is 25.3. The molecule has 8 nitrogen and oxygen atoms in total. The van der Waals surface area contributed by atoms with E-state index in [1.54, 1.807) is 6.21 Å². The standard InChI is InChI=1S/C28H34N6O2/c1-18(2)36-16-8-15-30-27(35)23-24-26(33-22-10-7-6-9-21(22)32-24)34(25(23)29)31-17-19-11-13-20(14-12-19)28(3,4)5/h6-7,9-14,17-18H,8,15-16,29H2,1-5H3,(H,30,35)/b31-17+. The minimum absolute atomic E-state index is 0.0660. The molecule has 2 aromatic heterocycles. The van der Waals surface area contributed by atoms with Crippen LogP contribution in [-0.2, 0) is 10.2 Å². The van der Waals surface area contributed by atoms with Gasteiger partial charge in [0.05, 0.1) is 23.4 Å². The van der Waals surface area contributed by atoms with Crippen LogP contribution in [0.2, 0.25) is 0 Å². The Balaban J connectivity index is 1.69. The van der Waals surface area contributed by atoms with E-state index >= 15 is 0 Å². The summed E-state index contributed by atoms with van der Waals surface area (Å²) in [6.45, 7) is 11.5. The summed E-state index contributed by atoms with van der Waals surface area (Å²) in [6, 6.07) is 15.7. The van der Waals surface area contributed by atoms with Crippen molar-refractivity contribution in [2.45, 2.75) is 52.6 Å². The number of carbonyl (C=O) groups is 1. The van der Waals surface area contributed by atoms with Gasteiger partial charge < -0.3 is 15.8 Å². The Morgan fingerprint density at radius 3 is 2.42 bits per heavy atom. The summed E-state index contributed by atoms with van der Waals surface area (Å²) in [6.07, 6.45) is 2.56. The molecule has 0 spiro atoms. The molecule has 4 aromatic rings. The normalized spacial score (nSPS) is 12.3. The van der Waals surface area contributed by atoms with Crippen LogP contribution in [0, 0.1) is 0 Å². The van der Waals surface area contributed by atoms with Gasteiger partial charge in [0.25, 0.3) is 5.91 Å². The smallest absolute Gasteiger partial charge is 0.257 e. The first-order chi connectivity index (χ1) is 17.1. The molecule has 0 atom stereocenters. The minimum atomic E-state index is -0.310. The number of aromatic nitrogens is 3. The number of nitrogens with one attached hydrogen (secondary N) is 1. The second kappa shape index (κ2) is 10.5. The summed E-state index contributed by atoms with van der Waals surface area (Å²) >= 11 is 0. The summed E-state index contributed by atoms with van der Waals surface area (Å²) in [5.41, 5.74) is 11.2. The second-order valence-corrected chi connectivity index (χ2v) is 10.1. The third-order valence-electron chi connectivity index (χ3n) is 5.86. The average Bonchev–Trinajstić information content (AvgIpc) is 3.10. The van der Waals surface area contributed by atoms with Gasteiger partial charge in [-0.3, -0.25) is 4.79 Å². The lowest BCUT2D eigenvalue weighted by Crippen LogP contribution is -2.26. The SMILES string of the molecule is CC(C)OCCCNC(=O)c1c(N)n(/N=C/c2ccc(C(C)(C)C)cc2)c2nc3ccccc3nc12. The monoisotopic (exact) mass is 486 g/mol. The molecule has 0 aliphatic carbocycles. The lowest BCUT2D eigenvalue weighted by molar-refractivity contribution is 0.0757. The average molecular weight is 487 g/mol. The first-order valence-corrected chi connectivity index (χ1v) is 12.3. The number of carbonyl (C=O) groups excluding carboxylic acids is 1. The molecule has 0 radical (unpaired) electrons. The van der Waals surface area contributed by atoms with Crippen molar-refractivity contribution in [3.05, 3.63) is 65.2 Å². The maximum absolute atomic E-state index is 13.2. The van der Waals surface area contributed by atoms with Gasteiger partial charge in [-0.05, 0) is 48.9 Å². The number of fused-ring (bicyclic) bond motifs is 2. The van der Waals surface area contributed by atoms with E-state index < -0.39 is 0 Å². The molecule has 0 bridgehead atoms. The molecular formula is C28H34N6O2. The van der Waals surface area contributed by atoms with Crippen LogP contribution >= 0.6 is 0 Å². The number of para-hydroxylation sites is 2. The van der Waals surface area contributed by atoms with E-state index in [-0.39, 0.29) is 28.8 Å². The molecule has 0 saturated carbocycles. The predicted octanol–water partition coefficient (Wildman–Crippen LogP) is 4.89. The van der Waals surface area contributed by atoms with E-state index in [1.165, 1.54) is 10.2 Å². The fourth-order valence-corrected chi connectivity index (χ4v) is 3.86. The predicted molar refractivity (Wildman–Crippen MR) is 146 cm³/mol. The van der Waals surface area contributed by atoms with Crippen molar-refractivity contribution in [2.24, 2.45) is 5.10 Å². The summed E-state index contributed by atoms with van der Waals surface area (Å²) in [5, 5.41) is 7.53. The summed E-state index contributed by atoms with van der Waals surface area (Å²) in [4.78, 5) is 22.6. The Labute approximate surface area is 211 Å². The van der Waals surface area contributed by atoms with E-state index in [4.69, 9.17) is 20.4 Å². The Hall–Kier alpha value is -3.78. The van der Waals surface area contributed by atoms with Crippen molar-refractivity contribution in [2.75, 3.05) is 18.9 Å². The topological polar surface area (TPSA) is 107 Å². The Morgan fingerprint density at radius 2 is 1.78 bits per heavy atom. The highest BCUT2D eigenvalue weighted by Gasteiger charge is 2.24. The molecule has 0 fully saturated rings. The van der Waals surface area contributed by atoms with Gasteiger partial charge in [0.1, 0.15) is 16.9 Å². The summed E-state index contributed by atoms with van der Waals surface area (Å²) in [5.74, 6) is -0.117. The minimum Gasteiger partial charge on any atom is -0.383 e. The number of hydrogen-bond acceptors (Lipinski definition) is 6. The van der Waals surface area contributed by atoms with Crippen molar-refractivity contribution in [3.63, 3.8) is 0 Å². The van der Waals surface area contributed by atoms with Gasteiger partial charge in [0, 0.05) is 13.2 Å². The number of amides is 1. The van der Waals surface area contributed by atoms with Crippen molar-refractivity contribution >= 4 is 40.1 Å². The van der Waals surface area contributed by atoms with Crippen LogP contribution in [0.4, 0.5) is 5.82 Å². The third-order valence-corrected chi connectivity index (χ3v) is 5.86. The molecule has 0 saturated heterocycles. The molecule has 0 aliphatic rings. The largest absolute Gasteiger partial charge is 0.383 e. The van der Waals surface area contributed by atoms with Crippen molar-refractivity contribution < 1.29 is 9.53 Å². The zero-order valence-corrected chi connectivity index (χ0v) is 21.6. The van der Waals surface area contributed by atoms with E-state index in [0.717, 1.165) is 5.56 Å². The number of ether oxygens (including phenoxy) is 1. The number of nitrogens with zero attached hydrogens (tertiary/aromatic N) is 4. The maximum atomic E-state index is 13.2. The third kappa shape index (κ3) is 5.54. The fourth-order valence-electron chi connectivity index (χ4n) is 3.86. The number of hydrogen-bond donors (Lipinski definition) is 2. The van der Waals surface area contributed by atoms with Crippen LogP contribution in [0.3, 0.4) is 0 Å². The van der Waals surface area contributed by atoms with Gasteiger partial charge in [0.15, 0.2) is 5.65 Å². The lowest BCUT2D eigenvalue weighted by atomic mass is 9.87. The lowest BCUT2D eigenvalue weighted by Gasteiger charge is -2.18. The van der Waals surface area contributed by atoms with E-state index in [0.29, 0.717) is 41.8 Å². The van der Waals surface area contributed by atoms with Gasteiger partial charge in [-0.2, -0.15) is 9.78 Å². The van der Waals surface area contributed by atoms with E-state index in [2.05, 4.69) is 43.3 Å². The fraction of sp³-hybridized carbons (Fsp3) is 0.357. The molecule has 2 aromatic carbocycles. The van der Waals surface area contributed by atoms with Gasteiger partial charge in [0.2, 0.25) is 0 Å². The van der Waals surface area contributed by atoms with Crippen LogP contribution in [0.1, 0.15) is 62.5 Å². The molecule has 0 unspecified atom stereocenters. The highest BCUT2D eigenvalue weighted by molar-refractivity contribution is 6.10. The van der Waals surface area contributed by atoms with Crippen LogP contribution in [-0.4, -0.2) is 46.0 Å². The quantitative estimate of drug-likeness (QED) is 0.272. The van der Waals surface area contributed by atoms with Crippen LogP contribution < -0.4 is 11.1 Å². The van der Waals surface area contributed by atoms with Gasteiger partial charge in [-0.15, -0.1) is 0 Å². The number of anilines is 1. The van der Waals surface area contributed by atoms with Gasteiger partial charge in [-0.25, -0.2) is 9.97 Å². The number of benzene rings is 2. The maximum Gasteiger partial charge on any atom is 0.257 e. The highest BCUT2D eigenvalue weighted by atomic mass is 16.5. The second-order valence-electron chi connectivity index (χ2n) is 10.1. The molecule has 4 rings (SSSR count). The van der Waals surface area contributed by atoms with Crippen molar-refractivity contribution in [3.8, 4) is 0 Å². The molecule has 188 valence electrons. The number of nitrogens with two attached hydrogens (primary N) is 1. The Bertz CT molecular complexity index is 1400. The van der Waals surface area contributed by atoms with Gasteiger partial charge >= 0.3 is 0 Å². The summed E-state index contributed by atoms with van der Waals surface area (Å²) < 4.78 is 7.04. The number of rotatable bonds is 8. The van der Waals surface area contributed by atoms with E-state index in [1.807, 2.05) is 50.2 Å².